The second kappa shape index (κ2) is 6.73. The third-order valence-corrected chi connectivity index (χ3v) is 6.03. The lowest BCUT2D eigenvalue weighted by Crippen LogP contribution is -2.12. The highest BCUT2D eigenvalue weighted by Crippen LogP contribution is 2.30. The Balaban J connectivity index is 1.43. The molecule has 0 fully saturated rings. The first kappa shape index (κ1) is 16.9. The maximum atomic E-state index is 12.8. The fraction of sp³-hybridized carbons (Fsp3) is 0.136. The van der Waals surface area contributed by atoms with Crippen molar-refractivity contribution >= 4 is 39.1 Å². The van der Waals surface area contributed by atoms with Gasteiger partial charge in [0, 0.05) is 23.9 Å². The quantitative estimate of drug-likeness (QED) is 0.546. The number of rotatable bonds is 3. The summed E-state index contributed by atoms with van der Waals surface area (Å²) in [6, 6.07) is 17.7. The van der Waals surface area contributed by atoms with E-state index in [1.165, 1.54) is 11.3 Å². The highest BCUT2D eigenvalue weighted by molar-refractivity contribution is 7.17. The molecule has 28 heavy (non-hydrogen) atoms. The molecule has 0 bridgehead atoms. The van der Waals surface area contributed by atoms with Gasteiger partial charge in [0.1, 0.15) is 0 Å². The van der Waals surface area contributed by atoms with E-state index in [9.17, 15) is 9.59 Å². The minimum absolute atomic E-state index is 0.126. The maximum Gasteiger partial charge on any atom is 0.257 e. The van der Waals surface area contributed by atoms with E-state index < -0.39 is 0 Å². The summed E-state index contributed by atoms with van der Waals surface area (Å²) in [4.78, 5) is 29.9. The van der Waals surface area contributed by atoms with Crippen LogP contribution < -0.4 is 5.32 Å². The Kier molecular flexibility index (Phi) is 4.06. The van der Waals surface area contributed by atoms with Crippen LogP contribution in [-0.2, 0) is 6.42 Å². The standard InChI is InChI=1S/C22H17N3O2S/c26-19-10-4-8-17-20(19)28-22(23-17)24-21(27)15-6-3-7-16(13-15)25-12-11-14-5-1-2-9-18(14)25/h1-3,5-7,9,11-13H,4,8,10H2,(H,23,24,27). The Bertz CT molecular complexity index is 1220. The molecule has 1 N–H and O–H groups in total. The fourth-order valence-corrected chi connectivity index (χ4v) is 4.57. The monoisotopic (exact) mass is 387 g/mol. The van der Waals surface area contributed by atoms with Gasteiger partial charge >= 0.3 is 0 Å². The molecular formula is C22H17N3O2S. The Morgan fingerprint density at radius 3 is 2.86 bits per heavy atom. The molecule has 138 valence electrons. The summed E-state index contributed by atoms with van der Waals surface area (Å²) in [5, 5.41) is 4.49. The van der Waals surface area contributed by atoms with E-state index in [4.69, 9.17) is 0 Å². The molecule has 0 saturated carbocycles. The predicted molar refractivity (Wildman–Crippen MR) is 111 cm³/mol. The van der Waals surface area contributed by atoms with Crippen LogP contribution >= 0.6 is 11.3 Å². The second-order valence-electron chi connectivity index (χ2n) is 6.82. The van der Waals surface area contributed by atoms with Crippen molar-refractivity contribution in [2.45, 2.75) is 19.3 Å². The molecule has 0 spiro atoms. The number of carbonyl (C=O) groups excluding carboxylic acids is 2. The van der Waals surface area contributed by atoms with Crippen LogP contribution in [-0.4, -0.2) is 21.2 Å². The highest BCUT2D eigenvalue weighted by atomic mass is 32.1. The van der Waals surface area contributed by atoms with Crippen LogP contribution in [0.15, 0.2) is 60.8 Å². The summed E-state index contributed by atoms with van der Waals surface area (Å²) in [5.74, 6) is -0.0995. The summed E-state index contributed by atoms with van der Waals surface area (Å²) < 4.78 is 2.06. The predicted octanol–water partition coefficient (Wildman–Crippen LogP) is 4.86. The van der Waals surface area contributed by atoms with E-state index >= 15 is 0 Å². The number of Topliss-reactive ketones (excluding diaryl/α,β-unsaturated/α-hetero) is 1. The number of anilines is 1. The fourth-order valence-electron chi connectivity index (χ4n) is 3.60. The lowest BCUT2D eigenvalue weighted by molar-refractivity contribution is 0.0975. The minimum Gasteiger partial charge on any atom is -0.317 e. The molecule has 0 aliphatic heterocycles. The molecule has 0 atom stereocenters. The molecule has 1 aliphatic carbocycles. The number of ketones is 1. The number of fused-ring (bicyclic) bond motifs is 2. The molecule has 2 aromatic carbocycles. The number of hydrogen-bond acceptors (Lipinski definition) is 4. The van der Waals surface area contributed by atoms with E-state index in [1.54, 1.807) is 6.07 Å². The molecule has 1 aliphatic rings. The summed E-state index contributed by atoms with van der Waals surface area (Å²) in [5.41, 5.74) is 3.37. The van der Waals surface area contributed by atoms with Gasteiger partial charge in [0.2, 0.25) is 0 Å². The molecule has 0 saturated heterocycles. The van der Waals surface area contributed by atoms with Crippen LogP contribution in [0.5, 0.6) is 0 Å². The Labute approximate surface area is 165 Å². The van der Waals surface area contributed by atoms with E-state index in [0.717, 1.165) is 35.1 Å². The summed E-state index contributed by atoms with van der Waals surface area (Å²) in [7, 11) is 0. The van der Waals surface area contributed by atoms with Gasteiger partial charge in [-0.25, -0.2) is 4.98 Å². The van der Waals surface area contributed by atoms with Crippen LogP contribution in [0.4, 0.5) is 5.13 Å². The molecule has 2 heterocycles. The van der Waals surface area contributed by atoms with Crippen molar-refractivity contribution in [3.8, 4) is 5.69 Å². The van der Waals surface area contributed by atoms with E-state index in [0.29, 0.717) is 22.0 Å². The summed E-state index contributed by atoms with van der Waals surface area (Å²) in [6.45, 7) is 0. The number of thiazole rings is 1. The molecule has 5 nitrogen and oxygen atoms in total. The van der Waals surface area contributed by atoms with Gasteiger partial charge in [0.15, 0.2) is 10.9 Å². The zero-order valence-electron chi connectivity index (χ0n) is 15.0. The molecular weight excluding hydrogens is 370 g/mol. The van der Waals surface area contributed by atoms with Gasteiger partial charge in [-0.15, -0.1) is 0 Å². The van der Waals surface area contributed by atoms with Crippen molar-refractivity contribution in [2.75, 3.05) is 5.32 Å². The number of para-hydroxylation sites is 1. The first-order valence-electron chi connectivity index (χ1n) is 9.20. The first-order valence-corrected chi connectivity index (χ1v) is 10.0. The number of carbonyl (C=O) groups is 2. The molecule has 0 radical (unpaired) electrons. The second-order valence-corrected chi connectivity index (χ2v) is 7.82. The lowest BCUT2D eigenvalue weighted by Gasteiger charge is -2.08. The van der Waals surface area contributed by atoms with Gasteiger partial charge in [-0.2, -0.15) is 0 Å². The Morgan fingerprint density at radius 2 is 1.96 bits per heavy atom. The van der Waals surface area contributed by atoms with Gasteiger partial charge in [-0.3, -0.25) is 14.9 Å². The topological polar surface area (TPSA) is 64.0 Å². The third kappa shape index (κ3) is 2.92. The van der Waals surface area contributed by atoms with Gasteiger partial charge in [-0.05, 0) is 48.6 Å². The van der Waals surface area contributed by atoms with Crippen LogP contribution in [0, 0.1) is 0 Å². The molecule has 2 aromatic heterocycles. The van der Waals surface area contributed by atoms with E-state index in [1.807, 2.05) is 36.5 Å². The van der Waals surface area contributed by atoms with Crippen molar-refractivity contribution in [2.24, 2.45) is 0 Å². The number of nitrogens with one attached hydrogen (secondary N) is 1. The van der Waals surface area contributed by atoms with Crippen molar-refractivity contribution in [1.29, 1.82) is 0 Å². The summed E-state index contributed by atoms with van der Waals surface area (Å²) >= 11 is 1.27. The highest BCUT2D eigenvalue weighted by Gasteiger charge is 2.23. The van der Waals surface area contributed by atoms with Crippen LogP contribution in [0.2, 0.25) is 0 Å². The average molecular weight is 387 g/mol. The van der Waals surface area contributed by atoms with Crippen molar-refractivity contribution in [3.63, 3.8) is 0 Å². The molecule has 1 amide bonds. The average Bonchev–Trinajstić information content (AvgIpc) is 3.33. The molecule has 0 unspecified atom stereocenters. The zero-order chi connectivity index (χ0) is 19.1. The van der Waals surface area contributed by atoms with Crippen LogP contribution in [0.1, 0.15) is 38.6 Å². The third-order valence-electron chi connectivity index (χ3n) is 4.97. The number of nitrogens with zero attached hydrogens (tertiary/aromatic N) is 2. The SMILES string of the molecule is O=C(Nc1nc2c(s1)C(=O)CCC2)c1cccc(-n2ccc3ccccc32)c1. The number of aryl methyl sites for hydroxylation is 1. The number of amides is 1. The Morgan fingerprint density at radius 1 is 1.07 bits per heavy atom. The van der Waals surface area contributed by atoms with Crippen molar-refractivity contribution in [3.05, 3.63) is 76.9 Å². The maximum absolute atomic E-state index is 12.8. The van der Waals surface area contributed by atoms with Crippen molar-refractivity contribution < 1.29 is 9.59 Å². The zero-order valence-corrected chi connectivity index (χ0v) is 15.8. The number of aromatic nitrogens is 2. The van der Waals surface area contributed by atoms with Gasteiger partial charge < -0.3 is 4.57 Å². The van der Waals surface area contributed by atoms with Crippen molar-refractivity contribution in [1.82, 2.24) is 9.55 Å². The van der Waals surface area contributed by atoms with E-state index in [-0.39, 0.29) is 11.7 Å². The molecule has 5 rings (SSSR count). The van der Waals surface area contributed by atoms with Gasteiger partial charge in [-0.1, -0.05) is 35.6 Å². The smallest absolute Gasteiger partial charge is 0.257 e. The van der Waals surface area contributed by atoms with E-state index in [2.05, 4.69) is 33.1 Å². The summed E-state index contributed by atoms with van der Waals surface area (Å²) in [6.07, 6.45) is 4.19. The Hall–Kier alpha value is -3.25. The van der Waals surface area contributed by atoms with Crippen LogP contribution in [0.3, 0.4) is 0 Å². The van der Waals surface area contributed by atoms with Crippen LogP contribution in [0.25, 0.3) is 16.6 Å². The lowest BCUT2D eigenvalue weighted by atomic mass is 10.0. The molecule has 4 aromatic rings. The number of benzene rings is 2. The van der Waals surface area contributed by atoms with Gasteiger partial charge in [0.25, 0.3) is 5.91 Å². The normalized spacial score (nSPS) is 13.5. The van der Waals surface area contributed by atoms with Gasteiger partial charge in [0.05, 0.1) is 16.1 Å². The number of hydrogen-bond donors (Lipinski definition) is 1. The minimum atomic E-state index is -0.225. The molecule has 6 heteroatoms. The largest absolute Gasteiger partial charge is 0.317 e. The first-order chi connectivity index (χ1) is 13.7.